The van der Waals surface area contributed by atoms with Crippen molar-refractivity contribution < 1.29 is 36.7 Å². The number of carbonyl (C=O) groups is 4. The van der Waals surface area contributed by atoms with Gasteiger partial charge >= 0.3 is 0 Å². The van der Waals surface area contributed by atoms with Crippen LogP contribution in [0.25, 0.3) is 111 Å². The lowest BCUT2D eigenvalue weighted by molar-refractivity contribution is 0.0972. The summed E-state index contributed by atoms with van der Waals surface area (Å²) in [6.07, 6.45) is 57.6. The number of benzene rings is 3. The van der Waals surface area contributed by atoms with E-state index < -0.39 is 68.7 Å². The summed E-state index contributed by atoms with van der Waals surface area (Å²) in [4.78, 5) is 72.8. The highest BCUT2D eigenvalue weighted by Crippen LogP contribution is 2.59. The summed E-state index contributed by atoms with van der Waals surface area (Å²) in [5, 5.41) is 2.67. The molecule has 0 spiro atoms. The summed E-state index contributed by atoms with van der Waals surface area (Å²) in [5.74, 6) is -5.32. The van der Waals surface area contributed by atoms with Crippen molar-refractivity contribution >= 4 is 188 Å². The first kappa shape index (κ1) is 100. The maximum Gasteiger partial charge on any atom is 0.200 e. The molecule has 2 atom stereocenters. The van der Waals surface area contributed by atoms with Crippen LogP contribution in [0.3, 0.4) is 0 Å². The second-order valence-electron chi connectivity index (χ2n) is 37.6. The first-order chi connectivity index (χ1) is 64.5. The van der Waals surface area contributed by atoms with Gasteiger partial charge in [0, 0.05) is 118 Å². The van der Waals surface area contributed by atoms with E-state index in [1.54, 1.807) is 34.8 Å². The topological polar surface area (TPSA) is 68.3 Å². The fourth-order valence-corrected chi connectivity index (χ4v) is 33.4. The van der Waals surface area contributed by atoms with Crippen molar-refractivity contribution in [1.29, 1.82) is 0 Å². The Morgan fingerprint density at radius 3 is 0.886 bits per heavy atom. The van der Waals surface area contributed by atoms with Crippen LogP contribution in [0.4, 0.5) is 17.6 Å². The minimum absolute atomic E-state index is 0.193. The van der Waals surface area contributed by atoms with Gasteiger partial charge in [-0.05, 0) is 195 Å². The van der Waals surface area contributed by atoms with E-state index in [2.05, 4.69) is 139 Å². The monoisotopic (exact) mass is 1960 g/mol. The van der Waals surface area contributed by atoms with E-state index in [1.807, 2.05) is 68.0 Å². The molecule has 0 radical (unpaired) electrons. The minimum atomic E-state index is -0.882. The van der Waals surface area contributed by atoms with Gasteiger partial charge in [0.2, 0.25) is 23.1 Å². The molecule has 15 rings (SSSR count). The summed E-state index contributed by atoms with van der Waals surface area (Å²) in [5.41, 5.74) is 5.61. The molecule has 2 aliphatic rings. The van der Waals surface area contributed by atoms with Crippen LogP contribution in [0.5, 0.6) is 0 Å². The summed E-state index contributed by atoms with van der Waals surface area (Å²) in [6.45, 7) is 18.3. The number of aryl methyl sites for hydroxylation is 4. The van der Waals surface area contributed by atoms with Crippen molar-refractivity contribution in [2.45, 2.75) is 351 Å². The Bertz CT molecular complexity index is 5680. The molecule has 18 heteroatoms. The first-order valence-corrected chi connectivity index (χ1v) is 58.8. The third-order valence-electron chi connectivity index (χ3n) is 27.4. The summed E-state index contributed by atoms with van der Waals surface area (Å²) in [7, 11) is 0. The molecule has 4 nitrogen and oxygen atoms in total. The number of hydrogen-bond acceptors (Lipinski definition) is 14. The molecule has 3 aromatic carbocycles. The van der Waals surface area contributed by atoms with Crippen molar-refractivity contribution in [3.63, 3.8) is 0 Å². The van der Waals surface area contributed by atoms with Gasteiger partial charge in [-0.2, -0.15) is 0 Å². The highest BCUT2D eigenvalue weighted by Gasteiger charge is 2.41. The number of thiophene rings is 10. The molecule has 2 aliphatic carbocycles. The molecule has 0 N–H and O–H groups in total. The Hall–Kier alpha value is -6.42. The lowest BCUT2D eigenvalue weighted by Crippen LogP contribution is -2.04. The SMILES string of the molecule is CCCCCCCCC(CCCCCC)Cc1ccc(-c2c3cc(-c4sc5cc(-c6sc(C=C7C(=O)c8c(F)ccc(F)c8C7=O)cc6CCCCCC)sc5c4CCCCCC)sc3c(-c3ccc(CC(CCCCCC)CCCCCCCC)s3)c3cc(-c4sc5cc(-c6sc(C=C7C(=O)c8c(F)ccc(F)c8C7=O)cc6CCCCCC)sc5c4CCCCCC)sc23)s1. The molecular weight excluding hydrogens is 1830 g/mol. The van der Waals surface area contributed by atoms with Crippen LogP contribution < -0.4 is 0 Å². The largest absolute Gasteiger partial charge is 0.288 e. The zero-order valence-corrected chi connectivity index (χ0v) is 87.3. The molecular formula is C114H134F4O4S10. The van der Waals surface area contributed by atoms with Crippen molar-refractivity contribution in [3.8, 4) is 59.9 Å². The number of carbonyl (C=O) groups excluding carboxylic acids is 4. The number of hydrogen-bond donors (Lipinski definition) is 0. The Morgan fingerprint density at radius 2 is 0.553 bits per heavy atom. The highest BCUT2D eigenvalue weighted by atomic mass is 32.1. The van der Waals surface area contributed by atoms with Gasteiger partial charge in [0.25, 0.3) is 0 Å². The number of allylic oxidation sites excluding steroid dienone is 2. The Kier molecular flexibility index (Phi) is 36.9. The summed E-state index contributed by atoms with van der Waals surface area (Å²) >= 11 is 18.9. The van der Waals surface area contributed by atoms with E-state index >= 15 is 17.6 Å². The highest BCUT2D eigenvalue weighted by molar-refractivity contribution is 7.36. The number of Topliss-reactive ketones (excluding diaryl/α,β-unsaturated/α-hetero) is 4. The minimum Gasteiger partial charge on any atom is -0.288 e. The van der Waals surface area contributed by atoms with Gasteiger partial charge in [0.15, 0.2) is 0 Å². The number of ketones is 4. The van der Waals surface area contributed by atoms with Gasteiger partial charge in [0.1, 0.15) is 23.3 Å². The smallest absolute Gasteiger partial charge is 0.200 e. The van der Waals surface area contributed by atoms with Gasteiger partial charge in [-0.25, -0.2) is 17.6 Å². The van der Waals surface area contributed by atoms with Crippen LogP contribution in [0.2, 0.25) is 0 Å². The fraction of sp³-hybridized carbons (Fsp3) is 0.491. The molecule has 10 aromatic heterocycles. The fourth-order valence-electron chi connectivity index (χ4n) is 20.1. The van der Waals surface area contributed by atoms with Crippen molar-refractivity contribution in [2.75, 3.05) is 0 Å². The average molecular weight is 1960 g/mol. The van der Waals surface area contributed by atoms with Crippen molar-refractivity contribution in [1.82, 2.24) is 0 Å². The van der Waals surface area contributed by atoms with Gasteiger partial charge < -0.3 is 0 Å². The number of rotatable bonds is 56. The van der Waals surface area contributed by atoms with E-state index in [1.165, 1.54) is 288 Å². The van der Waals surface area contributed by atoms with Gasteiger partial charge in [-0.1, -0.05) is 287 Å². The Labute approximate surface area is 822 Å². The average Bonchev–Trinajstić information content (AvgIpc) is 1.57. The molecule has 132 heavy (non-hydrogen) atoms. The Morgan fingerprint density at radius 1 is 0.265 bits per heavy atom. The number of unbranched alkanes of at least 4 members (excludes halogenated alkanes) is 28. The number of halogens is 4. The third-order valence-corrected chi connectivity index (χ3v) is 39.9. The van der Waals surface area contributed by atoms with Crippen LogP contribution in [0.15, 0.2) is 96.1 Å². The van der Waals surface area contributed by atoms with Crippen molar-refractivity contribution in [2.24, 2.45) is 11.8 Å². The van der Waals surface area contributed by atoms with Crippen molar-refractivity contribution in [3.05, 3.63) is 183 Å². The molecule has 0 fully saturated rings. The van der Waals surface area contributed by atoms with E-state index in [0.29, 0.717) is 11.8 Å². The summed E-state index contributed by atoms with van der Waals surface area (Å²) < 4.78 is 69.2. The molecule has 10 heterocycles. The van der Waals surface area contributed by atoms with Crippen LogP contribution in [-0.2, 0) is 38.5 Å². The number of fused-ring (bicyclic) bond motifs is 6. The standard InChI is InChI=1S/C114H134F4O4S10/c1-9-17-25-33-35-39-47-71(45-37-27-19-11-3)61-75-53-59-89(123-75)97-81-67-91(109-79(51-43-31-23-15-7)111-95(129-109)69-93(127-111)107-73(49-41-29-21-13-5)63-77(125-107)65-83-103(119)99-85(115)55-56-86(116)100(99)104(83)120)132-114(81)98(90-60-54-76(124-90)62-72(46-38-28-20-12-4)48-40-36-34-26-18-10-2)82-68-92(131-113(82)97)110-80(52-44-32-24-16-8)112-96(130-110)70-94(128-112)108-74(50-42-30-22-14-6)64-78(126-108)66-84-105(121)101-87(117)57-58-88(118)102(101)106(84)122/h53-60,63-72H,9-52,61-62H2,1-8H3. The normalized spacial score (nSPS) is 13.5. The van der Waals surface area contributed by atoms with Crippen LogP contribution in [0.1, 0.15) is 395 Å². The van der Waals surface area contributed by atoms with E-state index in [0.717, 1.165) is 172 Å². The molecule has 0 saturated heterocycles. The maximum atomic E-state index is 15.3. The van der Waals surface area contributed by atoms with E-state index in [9.17, 15) is 19.2 Å². The summed E-state index contributed by atoms with van der Waals surface area (Å²) in [6, 6.07) is 28.2. The Balaban J connectivity index is 0.908. The molecule has 0 amide bonds. The van der Waals surface area contributed by atoms with E-state index in [-0.39, 0.29) is 11.1 Å². The quantitative estimate of drug-likeness (QED) is 0.0165. The maximum absolute atomic E-state index is 15.3. The molecule has 0 bridgehead atoms. The third kappa shape index (κ3) is 23.4. The predicted octanol–water partition coefficient (Wildman–Crippen LogP) is 40.6. The predicted molar refractivity (Wildman–Crippen MR) is 573 cm³/mol. The second kappa shape index (κ2) is 48.7. The zero-order valence-electron chi connectivity index (χ0n) is 79.1. The molecule has 0 saturated carbocycles. The van der Waals surface area contributed by atoms with E-state index in [4.69, 9.17) is 0 Å². The second-order valence-corrected chi connectivity index (χ2v) is 48.4. The van der Waals surface area contributed by atoms with Crippen LogP contribution in [-0.4, -0.2) is 23.1 Å². The molecule has 702 valence electrons. The van der Waals surface area contributed by atoms with Gasteiger partial charge in [0.05, 0.1) is 33.4 Å². The molecule has 13 aromatic rings. The lowest BCUT2D eigenvalue weighted by Gasteiger charge is -2.16. The molecule has 0 aliphatic heterocycles. The lowest BCUT2D eigenvalue weighted by atomic mass is 9.91. The first-order valence-electron chi connectivity index (χ1n) is 50.6. The van der Waals surface area contributed by atoms with Gasteiger partial charge in [-0.3, -0.25) is 19.2 Å². The van der Waals surface area contributed by atoms with Gasteiger partial charge in [-0.15, -0.1) is 113 Å². The zero-order chi connectivity index (χ0) is 92.3. The van der Waals surface area contributed by atoms with Crippen LogP contribution >= 0.6 is 113 Å². The van der Waals surface area contributed by atoms with Crippen LogP contribution in [0, 0.1) is 35.1 Å². The molecule has 2 unspecified atom stereocenters.